The maximum Gasteiger partial charge on any atom is 0.234 e. The van der Waals surface area contributed by atoms with Crippen molar-refractivity contribution in [3.05, 3.63) is 42.5 Å². The van der Waals surface area contributed by atoms with Gasteiger partial charge in [0.25, 0.3) is 0 Å². The van der Waals surface area contributed by atoms with E-state index in [-0.39, 0.29) is 11.8 Å². The van der Waals surface area contributed by atoms with Crippen molar-refractivity contribution < 1.29 is 4.79 Å². The Labute approximate surface area is 82.8 Å². The van der Waals surface area contributed by atoms with Gasteiger partial charge in [0.1, 0.15) is 0 Å². The van der Waals surface area contributed by atoms with Crippen LogP contribution in [0.25, 0.3) is 0 Å². The van der Waals surface area contributed by atoms with Gasteiger partial charge in [0.05, 0.1) is 12.0 Å². The lowest BCUT2D eigenvalue weighted by atomic mass is 10.1. The van der Waals surface area contributed by atoms with Crippen molar-refractivity contribution in [3.63, 3.8) is 0 Å². The van der Waals surface area contributed by atoms with E-state index in [0.717, 1.165) is 12.1 Å². The SMILES string of the molecule is O=C1[C@H]2C=C[C@H](C2)N1c1ccccc1. The Hall–Kier alpha value is -1.57. The van der Waals surface area contributed by atoms with Crippen LogP contribution in [0.1, 0.15) is 6.42 Å². The lowest BCUT2D eigenvalue weighted by Gasteiger charge is -2.23. The van der Waals surface area contributed by atoms with E-state index in [1.165, 1.54) is 0 Å². The molecule has 2 atom stereocenters. The second-order valence-corrected chi connectivity index (χ2v) is 3.84. The molecule has 70 valence electrons. The van der Waals surface area contributed by atoms with Crippen LogP contribution in [0.15, 0.2) is 42.5 Å². The molecule has 2 nitrogen and oxygen atoms in total. The molecule has 1 aromatic rings. The molecule has 3 rings (SSSR count). The van der Waals surface area contributed by atoms with Crippen LogP contribution >= 0.6 is 0 Å². The number of rotatable bonds is 1. The van der Waals surface area contributed by atoms with Gasteiger partial charge in [-0.3, -0.25) is 4.79 Å². The first-order valence-electron chi connectivity index (χ1n) is 4.93. The van der Waals surface area contributed by atoms with Crippen molar-refractivity contribution in [2.24, 2.45) is 5.92 Å². The van der Waals surface area contributed by atoms with Crippen molar-refractivity contribution in [1.82, 2.24) is 0 Å². The monoisotopic (exact) mass is 185 g/mol. The lowest BCUT2D eigenvalue weighted by Crippen LogP contribution is -2.34. The first-order chi connectivity index (χ1) is 6.86. The summed E-state index contributed by atoms with van der Waals surface area (Å²) in [6.45, 7) is 0. The van der Waals surface area contributed by atoms with Crippen LogP contribution in [0.5, 0.6) is 0 Å². The normalized spacial score (nSPS) is 28.9. The number of carbonyl (C=O) groups is 1. The zero-order valence-corrected chi connectivity index (χ0v) is 7.76. The molecule has 2 heteroatoms. The number of hydrogen-bond acceptors (Lipinski definition) is 1. The van der Waals surface area contributed by atoms with Gasteiger partial charge in [0, 0.05) is 5.69 Å². The number of carbonyl (C=O) groups excluding carboxylic acids is 1. The maximum absolute atomic E-state index is 11.8. The van der Waals surface area contributed by atoms with Gasteiger partial charge in [-0.2, -0.15) is 0 Å². The van der Waals surface area contributed by atoms with Crippen molar-refractivity contribution in [3.8, 4) is 0 Å². The first-order valence-corrected chi connectivity index (χ1v) is 4.93. The number of fused-ring (bicyclic) bond motifs is 2. The molecule has 0 unspecified atom stereocenters. The Morgan fingerprint density at radius 1 is 1.14 bits per heavy atom. The number of benzene rings is 1. The fourth-order valence-corrected chi connectivity index (χ4v) is 2.30. The summed E-state index contributed by atoms with van der Waals surface area (Å²) < 4.78 is 0. The summed E-state index contributed by atoms with van der Waals surface area (Å²) >= 11 is 0. The van der Waals surface area contributed by atoms with Gasteiger partial charge in [0.15, 0.2) is 0 Å². The number of para-hydroxylation sites is 1. The molecule has 0 N–H and O–H groups in total. The molecule has 14 heavy (non-hydrogen) atoms. The second-order valence-electron chi connectivity index (χ2n) is 3.84. The number of hydrogen-bond donors (Lipinski definition) is 0. The second kappa shape index (κ2) is 2.71. The standard InChI is InChI=1S/C12H11NO/c14-12-9-6-7-11(8-9)13(12)10-4-2-1-3-5-10/h1-7,9,11H,8H2/t9-,11+/m0/s1. The van der Waals surface area contributed by atoms with Gasteiger partial charge in [-0.05, 0) is 18.6 Å². The van der Waals surface area contributed by atoms with E-state index in [1.54, 1.807) is 0 Å². The molecule has 0 aromatic heterocycles. The molecule has 2 bridgehead atoms. The topological polar surface area (TPSA) is 20.3 Å². The summed E-state index contributed by atoms with van der Waals surface area (Å²) in [7, 11) is 0. The zero-order chi connectivity index (χ0) is 9.54. The summed E-state index contributed by atoms with van der Waals surface area (Å²) in [6.07, 6.45) is 5.14. The highest BCUT2D eigenvalue weighted by molar-refractivity contribution is 6.00. The lowest BCUT2D eigenvalue weighted by molar-refractivity contribution is -0.119. The van der Waals surface area contributed by atoms with Gasteiger partial charge in [0.2, 0.25) is 5.91 Å². The highest BCUT2D eigenvalue weighted by Gasteiger charge is 2.41. The average molecular weight is 185 g/mol. The van der Waals surface area contributed by atoms with E-state index in [2.05, 4.69) is 6.08 Å². The van der Waals surface area contributed by atoms with Gasteiger partial charge in [-0.25, -0.2) is 0 Å². The molecule has 1 saturated heterocycles. The summed E-state index contributed by atoms with van der Waals surface area (Å²) in [4.78, 5) is 13.7. The van der Waals surface area contributed by atoms with Gasteiger partial charge in [-0.15, -0.1) is 0 Å². The summed E-state index contributed by atoms with van der Waals surface area (Å²) in [5.41, 5.74) is 1.02. The fourth-order valence-electron chi connectivity index (χ4n) is 2.30. The smallest absolute Gasteiger partial charge is 0.234 e. The first kappa shape index (κ1) is 7.80. The largest absolute Gasteiger partial charge is 0.305 e. The molecule has 1 aliphatic carbocycles. The van der Waals surface area contributed by atoms with Crippen molar-refractivity contribution in [2.45, 2.75) is 12.5 Å². The predicted molar refractivity (Wildman–Crippen MR) is 55.0 cm³/mol. The van der Waals surface area contributed by atoms with E-state index in [0.29, 0.717) is 6.04 Å². The quantitative estimate of drug-likeness (QED) is 0.612. The molecule has 0 spiro atoms. The molecule has 1 heterocycles. The molecule has 1 amide bonds. The Kier molecular flexibility index (Phi) is 1.51. The number of amides is 1. The number of anilines is 1. The summed E-state index contributed by atoms with van der Waals surface area (Å²) in [5, 5.41) is 0. The van der Waals surface area contributed by atoms with E-state index in [1.807, 2.05) is 41.3 Å². The van der Waals surface area contributed by atoms with Crippen LogP contribution in [0.2, 0.25) is 0 Å². The van der Waals surface area contributed by atoms with E-state index < -0.39 is 0 Å². The third-order valence-corrected chi connectivity index (χ3v) is 2.98. The molecular formula is C12H11NO. The Morgan fingerprint density at radius 2 is 1.93 bits per heavy atom. The fraction of sp³-hybridized carbons (Fsp3) is 0.250. The Bertz CT molecular complexity index is 396. The number of nitrogens with zero attached hydrogens (tertiary/aromatic N) is 1. The minimum absolute atomic E-state index is 0.139. The van der Waals surface area contributed by atoms with Crippen LogP contribution in [0.3, 0.4) is 0 Å². The van der Waals surface area contributed by atoms with Crippen LogP contribution in [0, 0.1) is 5.92 Å². The van der Waals surface area contributed by atoms with Crippen LogP contribution in [-0.4, -0.2) is 11.9 Å². The molecule has 2 aliphatic rings. The van der Waals surface area contributed by atoms with Crippen molar-refractivity contribution in [2.75, 3.05) is 4.90 Å². The van der Waals surface area contributed by atoms with Gasteiger partial charge < -0.3 is 4.90 Å². The van der Waals surface area contributed by atoms with Crippen LogP contribution in [0.4, 0.5) is 5.69 Å². The molecule has 0 saturated carbocycles. The van der Waals surface area contributed by atoms with E-state index in [4.69, 9.17) is 0 Å². The molecule has 0 radical (unpaired) electrons. The highest BCUT2D eigenvalue weighted by Crippen LogP contribution is 2.36. The third kappa shape index (κ3) is 0.939. The van der Waals surface area contributed by atoms with Crippen molar-refractivity contribution >= 4 is 11.6 Å². The van der Waals surface area contributed by atoms with Gasteiger partial charge >= 0.3 is 0 Å². The average Bonchev–Trinajstić information content (AvgIpc) is 2.79. The van der Waals surface area contributed by atoms with Crippen LogP contribution < -0.4 is 4.90 Å². The van der Waals surface area contributed by atoms with Gasteiger partial charge in [-0.1, -0.05) is 30.4 Å². The van der Waals surface area contributed by atoms with E-state index >= 15 is 0 Å². The zero-order valence-electron chi connectivity index (χ0n) is 7.76. The minimum atomic E-state index is 0.139. The van der Waals surface area contributed by atoms with E-state index in [9.17, 15) is 4.79 Å². The Balaban J connectivity index is 2.01. The summed E-state index contributed by atoms with van der Waals surface area (Å²) in [6, 6.07) is 10.2. The van der Waals surface area contributed by atoms with Crippen LogP contribution in [-0.2, 0) is 4.79 Å². The maximum atomic E-state index is 11.8. The van der Waals surface area contributed by atoms with Crippen molar-refractivity contribution in [1.29, 1.82) is 0 Å². The Morgan fingerprint density at radius 3 is 2.57 bits per heavy atom. The highest BCUT2D eigenvalue weighted by atomic mass is 16.2. The predicted octanol–water partition coefficient (Wildman–Crippen LogP) is 1.98. The summed E-state index contributed by atoms with van der Waals surface area (Å²) in [5.74, 6) is 0.393. The molecule has 1 aromatic carbocycles. The minimum Gasteiger partial charge on any atom is -0.305 e. The molecular weight excluding hydrogens is 174 g/mol. The molecule has 1 fully saturated rings. The molecule has 1 aliphatic heterocycles. The third-order valence-electron chi connectivity index (χ3n) is 2.98.